The van der Waals surface area contributed by atoms with Crippen LogP contribution in [0, 0.1) is 17.6 Å². The van der Waals surface area contributed by atoms with Crippen LogP contribution in [0.15, 0.2) is 40.9 Å². The lowest BCUT2D eigenvalue weighted by molar-refractivity contribution is 0.583. The van der Waals surface area contributed by atoms with E-state index in [1.807, 2.05) is 12.1 Å². The highest BCUT2D eigenvalue weighted by Gasteiger charge is 2.09. The molecule has 0 aromatic heterocycles. The Morgan fingerprint density at radius 3 is 2.24 bits per heavy atom. The van der Waals surface area contributed by atoms with Gasteiger partial charge in [0.05, 0.1) is 5.69 Å². The number of benzene rings is 2. The lowest BCUT2D eigenvalue weighted by Crippen LogP contribution is -2.03. The molecule has 0 atom stereocenters. The van der Waals surface area contributed by atoms with Gasteiger partial charge in [-0.25, -0.2) is 8.78 Å². The minimum Gasteiger partial charge on any atom is -0.378 e. The van der Waals surface area contributed by atoms with E-state index in [1.54, 1.807) is 0 Å². The normalized spacial score (nSPS) is 11.0. The maximum atomic E-state index is 13.7. The van der Waals surface area contributed by atoms with Crippen molar-refractivity contribution in [3.63, 3.8) is 0 Å². The third kappa shape index (κ3) is 4.53. The van der Waals surface area contributed by atoms with Crippen LogP contribution in [-0.2, 0) is 13.0 Å². The van der Waals surface area contributed by atoms with Crippen molar-refractivity contribution in [2.45, 2.75) is 26.8 Å². The first-order valence-electron chi connectivity index (χ1n) is 6.92. The molecule has 1 N–H and O–H groups in total. The molecule has 0 saturated heterocycles. The molecular formula is C17H18BrF2N. The van der Waals surface area contributed by atoms with Crippen molar-refractivity contribution in [1.29, 1.82) is 0 Å². The maximum Gasteiger partial charge on any atom is 0.150 e. The molecule has 0 bridgehead atoms. The molecule has 4 heteroatoms. The summed E-state index contributed by atoms with van der Waals surface area (Å²) < 4.78 is 27.1. The Balaban J connectivity index is 2.03. The van der Waals surface area contributed by atoms with Gasteiger partial charge in [-0.05, 0) is 45.5 Å². The number of hydrogen-bond donors (Lipinski definition) is 1. The van der Waals surface area contributed by atoms with Crippen molar-refractivity contribution in [3.8, 4) is 0 Å². The fraction of sp³-hybridized carbons (Fsp3) is 0.294. The highest BCUT2D eigenvalue weighted by Crippen LogP contribution is 2.27. The fourth-order valence-electron chi connectivity index (χ4n) is 2.17. The van der Waals surface area contributed by atoms with Gasteiger partial charge in [-0.15, -0.1) is 0 Å². The van der Waals surface area contributed by atoms with Crippen LogP contribution in [0.1, 0.15) is 25.0 Å². The molecule has 0 radical (unpaired) electrons. The highest BCUT2D eigenvalue weighted by atomic mass is 79.9. The first-order valence-corrected chi connectivity index (χ1v) is 7.71. The summed E-state index contributed by atoms with van der Waals surface area (Å²) in [6.07, 6.45) is 1.05. The molecule has 0 aliphatic rings. The average Bonchev–Trinajstić information content (AvgIpc) is 2.38. The summed E-state index contributed by atoms with van der Waals surface area (Å²) in [5.41, 5.74) is 2.63. The summed E-state index contributed by atoms with van der Waals surface area (Å²) in [5, 5.41) is 3.00. The minimum atomic E-state index is -0.599. The molecule has 0 unspecified atom stereocenters. The Labute approximate surface area is 132 Å². The quantitative estimate of drug-likeness (QED) is 0.744. The van der Waals surface area contributed by atoms with Gasteiger partial charge in [0.1, 0.15) is 11.6 Å². The third-order valence-electron chi connectivity index (χ3n) is 3.14. The van der Waals surface area contributed by atoms with E-state index in [9.17, 15) is 8.78 Å². The van der Waals surface area contributed by atoms with Gasteiger partial charge in [-0.3, -0.25) is 0 Å². The summed E-state index contributed by atoms with van der Waals surface area (Å²) in [6, 6.07) is 10.4. The Hall–Kier alpha value is -1.42. The number of rotatable bonds is 5. The van der Waals surface area contributed by atoms with Gasteiger partial charge in [0.25, 0.3) is 0 Å². The average molecular weight is 354 g/mol. The minimum absolute atomic E-state index is 0.280. The van der Waals surface area contributed by atoms with E-state index in [4.69, 9.17) is 0 Å². The molecule has 112 valence electrons. The molecule has 2 aromatic rings. The number of halogens is 3. The summed E-state index contributed by atoms with van der Waals surface area (Å²) in [7, 11) is 0. The standard InChI is InChI=1S/C17H18BrF2N/c1-11(2)7-12-3-5-13(6-4-12)10-21-17-15(18)8-14(19)9-16(17)20/h3-6,8-9,11,21H,7,10H2,1-2H3. The number of nitrogens with one attached hydrogen (secondary N) is 1. The van der Waals surface area contributed by atoms with Crippen LogP contribution in [0.25, 0.3) is 0 Å². The predicted octanol–water partition coefficient (Wildman–Crippen LogP) is 5.54. The van der Waals surface area contributed by atoms with E-state index in [1.165, 1.54) is 11.6 Å². The Bertz CT molecular complexity index is 586. The molecule has 0 aliphatic carbocycles. The SMILES string of the molecule is CC(C)Cc1ccc(CNc2c(F)cc(F)cc2Br)cc1. The van der Waals surface area contributed by atoms with Gasteiger partial charge < -0.3 is 5.32 Å². The molecule has 21 heavy (non-hydrogen) atoms. The van der Waals surface area contributed by atoms with Crippen LogP contribution in [0.4, 0.5) is 14.5 Å². The van der Waals surface area contributed by atoms with Crippen molar-refractivity contribution in [2.24, 2.45) is 5.92 Å². The van der Waals surface area contributed by atoms with E-state index in [0.717, 1.165) is 18.1 Å². The molecule has 1 nitrogen and oxygen atoms in total. The van der Waals surface area contributed by atoms with Crippen LogP contribution >= 0.6 is 15.9 Å². The van der Waals surface area contributed by atoms with Gasteiger partial charge in [0.15, 0.2) is 0 Å². The van der Waals surface area contributed by atoms with Gasteiger partial charge in [0.2, 0.25) is 0 Å². The molecule has 2 rings (SSSR count). The molecular weight excluding hydrogens is 336 g/mol. The molecule has 0 aliphatic heterocycles. The van der Waals surface area contributed by atoms with Crippen LogP contribution in [0.2, 0.25) is 0 Å². The van der Waals surface area contributed by atoms with Crippen molar-refractivity contribution in [2.75, 3.05) is 5.32 Å². The van der Waals surface area contributed by atoms with Crippen molar-refractivity contribution < 1.29 is 8.78 Å². The number of hydrogen-bond acceptors (Lipinski definition) is 1. The van der Waals surface area contributed by atoms with Crippen LogP contribution in [0.3, 0.4) is 0 Å². The summed E-state index contributed by atoms with van der Waals surface area (Å²) in [4.78, 5) is 0. The van der Waals surface area contributed by atoms with Gasteiger partial charge in [-0.1, -0.05) is 38.1 Å². The van der Waals surface area contributed by atoms with Crippen molar-refractivity contribution in [1.82, 2.24) is 0 Å². The first-order chi connectivity index (χ1) is 9.95. The third-order valence-corrected chi connectivity index (χ3v) is 3.77. The topological polar surface area (TPSA) is 12.0 Å². The maximum absolute atomic E-state index is 13.7. The Morgan fingerprint density at radius 1 is 1.05 bits per heavy atom. The second kappa shape index (κ2) is 7.03. The van der Waals surface area contributed by atoms with E-state index < -0.39 is 11.6 Å². The zero-order valence-corrected chi connectivity index (χ0v) is 13.7. The summed E-state index contributed by atoms with van der Waals surface area (Å²) in [5.74, 6) is -0.570. The lowest BCUT2D eigenvalue weighted by atomic mass is 10.0. The highest BCUT2D eigenvalue weighted by molar-refractivity contribution is 9.10. The second-order valence-corrected chi connectivity index (χ2v) is 6.37. The number of anilines is 1. The lowest BCUT2D eigenvalue weighted by Gasteiger charge is -2.11. The predicted molar refractivity (Wildman–Crippen MR) is 86.4 cm³/mol. The molecule has 0 heterocycles. The molecule has 0 amide bonds. The molecule has 0 spiro atoms. The Morgan fingerprint density at radius 2 is 1.67 bits per heavy atom. The van der Waals surface area contributed by atoms with Gasteiger partial charge in [-0.2, -0.15) is 0 Å². The van der Waals surface area contributed by atoms with E-state index >= 15 is 0 Å². The Kier molecular flexibility index (Phi) is 5.34. The van der Waals surface area contributed by atoms with Gasteiger partial charge in [0, 0.05) is 17.1 Å². The summed E-state index contributed by atoms with van der Waals surface area (Å²) >= 11 is 3.17. The molecule has 0 fully saturated rings. The second-order valence-electron chi connectivity index (χ2n) is 5.51. The zero-order chi connectivity index (χ0) is 15.4. The van der Waals surface area contributed by atoms with Crippen molar-refractivity contribution >= 4 is 21.6 Å². The van der Waals surface area contributed by atoms with Gasteiger partial charge >= 0.3 is 0 Å². The fourth-order valence-corrected chi connectivity index (χ4v) is 2.71. The monoisotopic (exact) mass is 353 g/mol. The molecule has 2 aromatic carbocycles. The zero-order valence-electron chi connectivity index (χ0n) is 12.1. The van der Waals surface area contributed by atoms with Crippen LogP contribution < -0.4 is 5.32 Å². The van der Waals surface area contributed by atoms with E-state index in [-0.39, 0.29) is 5.69 Å². The van der Waals surface area contributed by atoms with E-state index in [0.29, 0.717) is 16.9 Å². The van der Waals surface area contributed by atoms with Crippen molar-refractivity contribution in [3.05, 3.63) is 63.6 Å². The summed E-state index contributed by atoms with van der Waals surface area (Å²) in [6.45, 7) is 4.86. The van der Waals surface area contributed by atoms with E-state index in [2.05, 4.69) is 47.2 Å². The molecule has 0 saturated carbocycles. The van der Waals surface area contributed by atoms with Crippen LogP contribution in [-0.4, -0.2) is 0 Å². The first kappa shape index (κ1) is 16.0. The smallest absolute Gasteiger partial charge is 0.150 e. The largest absolute Gasteiger partial charge is 0.378 e. The van der Waals surface area contributed by atoms with Crippen LogP contribution in [0.5, 0.6) is 0 Å².